The lowest BCUT2D eigenvalue weighted by Crippen LogP contribution is -2.43. The highest BCUT2D eigenvalue weighted by atomic mass is 28.4. The Hall–Kier alpha value is -1.53. The van der Waals surface area contributed by atoms with Gasteiger partial charge in [0.05, 0.1) is 12.6 Å². The fraction of sp³-hybridized carbons (Fsp3) is 0.611. The maximum atomic E-state index is 10.8. The van der Waals surface area contributed by atoms with Gasteiger partial charge in [0.1, 0.15) is 5.75 Å². The van der Waals surface area contributed by atoms with Crippen LogP contribution in [0.3, 0.4) is 0 Å². The van der Waals surface area contributed by atoms with E-state index in [2.05, 4.69) is 39.2 Å². The molecule has 0 aliphatic heterocycles. The van der Waals surface area contributed by atoms with Crippen molar-refractivity contribution in [3.8, 4) is 5.75 Å². The second-order valence-corrected chi connectivity index (χ2v) is 12.7. The first kappa shape index (κ1) is 20.5. The van der Waals surface area contributed by atoms with Gasteiger partial charge in [0.25, 0.3) is 0 Å². The number of benzene rings is 1. The molecule has 24 heavy (non-hydrogen) atoms. The van der Waals surface area contributed by atoms with Crippen molar-refractivity contribution >= 4 is 14.4 Å². The summed E-state index contributed by atoms with van der Waals surface area (Å²) in [5.41, 5.74) is 3.15. The Labute approximate surface area is 146 Å². The summed E-state index contributed by atoms with van der Waals surface area (Å²) in [6.45, 7) is 14.8. The lowest BCUT2D eigenvalue weighted by atomic mass is 9.96. The number of aliphatic hydroxyl groups excluding tert-OH is 1. The van der Waals surface area contributed by atoms with E-state index in [1.54, 1.807) is 0 Å². The van der Waals surface area contributed by atoms with Crippen LogP contribution in [0.4, 0.5) is 4.79 Å². The fourth-order valence-corrected chi connectivity index (χ4v) is 3.38. The summed E-state index contributed by atoms with van der Waals surface area (Å²) in [5, 5.41) is 20.7. The standard InChI is InChI=1S/C18H31NO4Si/c1-12-8-15(23-24(6,7)18(3,4)5)9-13(2)16(12)10-14(11-20)19-17(21)22/h8-9,14,19-20H,10-11H2,1-7H3,(H,21,22). The molecule has 3 N–H and O–H groups in total. The van der Waals surface area contributed by atoms with Gasteiger partial charge in [-0.3, -0.25) is 0 Å². The second kappa shape index (κ2) is 7.57. The Morgan fingerprint density at radius 1 is 1.25 bits per heavy atom. The molecule has 0 saturated carbocycles. The number of rotatable bonds is 6. The number of hydrogen-bond acceptors (Lipinski definition) is 3. The first-order chi connectivity index (χ1) is 10.9. The summed E-state index contributed by atoms with van der Waals surface area (Å²) < 4.78 is 6.36. The van der Waals surface area contributed by atoms with Crippen LogP contribution in [0.1, 0.15) is 37.5 Å². The van der Waals surface area contributed by atoms with Crippen LogP contribution in [0.5, 0.6) is 5.75 Å². The number of carboxylic acid groups (broad SMARTS) is 1. The van der Waals surface area contributed by atoms with E-state index in [-0.39, 0.29) is 11.6 Å². The third-order valence-corrected chi connectivity index (χ3v) is 9.21. The van der Waals surface area contributed by atoms with Crippen molar-refractivity contribution in [2.24, 2.45) is 0 Å². The second-order valence-electron chi connectivity index (χ2n) is 7.93. The van der Waals surface area contributed by atoms with Crippen molar-refractivity contribution in [3.05, 3.63) is 28.8 Å². The van der Waals surface area contributed by atoms with Crippen molar-refractivity contribution in [3.63, 3.8) is 0 Å². The van der Waals surface area contributed by atoms with E-state index in [1.165, 1.54) is 0 Å². The average molecular weight is 354 g/mol. The van der Waals surface area contributed by atoms with Gasteiger partial charge in [-0.2, -0.15) is 0 Å². The molecule has 0 aliphatic carbocycles. The highest BCUT2D eigenvalue weighted by Gasteiger charge is 2.39. The first-order valence-corrected chi connectivity index (χ1v) is 11.2. The number of amides is 1. The van der Waals surface area contributed by atoms with Gasteiger partial charge < -0.3 is 20.0 Å². The Morgan fingerprint density at radius 2 is 1.75 bits per heavy atom. The molecule has 0 bridgehead atoms. The molecule has 1 atom stereocenters. The van der Waals surface area contributed by atoms with Gasteiger partial charge in [0, 0.05) is 0 Å². The van der Waals surface area contributed by atoms with Gasteiger partial charge in [-0.25, -0.2) is 4.79 Å². The van der Waals surface area contributed by atoms with Gasteiger partial charge in [-0.15, -0.1) is 0 Å². The van der Waals surface area contributed by atoms with E-state index in [4.69, 9.17) is 9.53 Å². The molecule has 1 amide bonds. The highest BCUT2D eigenvalue weighted by molar-refractivity contribution is 6.74. The maximum Gasteiger partial charge on any atom is 0.404 e. The van der Waals surface area contributed by atoms with E-state index < -0.39 is 20.5 Å². The summed E-state index contributed by atoms with van der Waals surface area (Å²) in [6.07, 6.45) is -0.664. The molecule has 0 heterocycles. The molecule has 1 unspecified atom stereocenters. The molecule has 0 radical (unpaired) electrons. The van der Waals surface area contributed by atoms with E-state index in [0.29, 0.717) is 6.42 Å². The third-order valence-electron chi connectivity index (χ3n) is 4.85. The van der Waals surface area contributed by atoms with Gasteiger partial charge in [0.2, 0.25) is 8.32 Å². The summed E-state index contributed by atoms with van der Waals surface area (Å²) >= 11 is 0. The predicted molar refractivity (Wildman–Crippen MR) is 99.5 cm³/mol. The number of nitrogens with one attached hydrogen (secondary N) is 1. The average Bonchev–Trinajstić information content (AvgIpc) is 2.39. The molecule has 5 nitrogen and oxygen atoms in total. The zero-order chi connectivity index (χ0) is 18.7. The highest BCUT2D eigenvalue weighted by Crippen LogP contribution is 2.38. The molecular weight excluding hydrogens is 322 g/mol. The summed E-state index contributed by atoms with van der Waals surface area (Å²) in [6, 6.07) is 3.52. The van der Waals surface area contributed by atoms with Crippen LogP contribution in [0.2, 0.25) is 18.1 Å². The zero-order valence-electron chi connectivity index (χ0n) is 15.9. The van der Waals surface area contributed by atoms with Crippen LogP contribution in [-0.2, 0) is 6.42 Å². The Bertz CT molecular complexity index is 570. The molecule has 136 valence electrons. The number of hydrogen-bond donors (Lipinski definition) is 3. The Kier molecular flexibility index (Phi) is 6.47. The SMILES string of the molecule is Cc1cc(O[Si](C)(C)C(C)(C)C)cc(C)c1CC(CO)NC(=O)O. The first-order valence-electron chi connectivity index (χ1n) is 8.27. The van der Waals surface area contributed by atoms with Crippen LogP contribution in [-0.4, -0.2) is 37.3 Å². The van der Waals surface area contributed by atoms with E-state index in [1.807, 2.05) is 26.0 Å². The van der Waals surface area contributed by atoms with Crippen LogP contribution in [0, 0.1) is 13.8 Å². The lowest BCUT2D eigenvalue weighted by Gasteiger charge is -2.36. The smallest absolute Gasteiger partial charge is 0.404 e. The predicted octanol–water partition coefficient (Wildman–Crippen LogP) is 3.86. The van der Waals surface area contributed by atoms with E-state index in [9.17, 15) is 9.90 Å². The van der Waals surface area contributed by atoms with Crippen molar-refractivity contribution < 1.29 is 19.4 Å². The zero-order valence-corrected chi connectivity index (χ0v) is 16.9. The van der Waals surface area contributed by atoms with Crippen LogP contribution < -0.4 is 9.74 Å². The van der Waals surface area contributed by atoms with Crippen LogP contribution in [0.25, 0.3) is 0 Å². The maximum absolute atomic E-state index is 10.8. The quantitative estimate of drug-likeness (QED) is 0.679. The number of aryl methyl sites for hydroxylation is 2. The Balaban J connectivity index is 3.04. The molecule has 0 saturated heterocycles. The summed E-state index contributed by atoms with van der Waals surface area (Å²) in [7, 11) is -1.90. The largest absolute Gasteiger partial charge is 0.543 e. The molecule has 0 spiro atoms. The van der Waals surface area contributed by atoms with Crippen LogP contribution >= 0.6 is 0 Å². The molecule has 0 aromatic heterocycles. The minimum Gasteiger partial charge on any atom is -0.543 e. The van der Waals surface area contributed by atoms with Crippen molar-refractivity contribution in [1.82, 2.24) is 5.32 Å². The van der Waals surface area contributed by atoms with Crippen molar-refractivity contribution in [2.45, 2.75) is 65.2 Å². The monoisotopic (exact) mass is 353 g/mol. The number of aliphatic hydroxyl groups is 1. The third kappa shape index (κ3) is 5.24. The van der Waals surface area contributed by atoms with E-state index >= 15 is 0 Å². The van der Waals surface area contributed by atoms with Crippen molar-refractivity contribution in [2.75, 3.05) is 6.61 Å². The molecule has 0 fully saturated rings. The molecule has 6 heteroatoms. The fourth-order valence-electron chi connectivity index (χ4n) is 2.36. The van der Waals surface area contributed by atoms with Crippen molar-refractivity contribution in [1.29, 1.82) is 0 Å². The van der Waals surface area contributed by atoms with Gasteiger partial charge in [-0.05, 0) is 67.2 Å². The molecule has 0 aliphatic rings. The minimum absolute atomic E-state index is 0.126. The Morgan fingerprint density at radius 3 is 2.12 bits per heavy atom. The number of carbonyl (C=O) groups is 1. The van der Waals surface area contributed by atoms with Gasteiger partial charge in [-0.1, -0.05) is 20.8 Å². The molecular formula is C18H31NO4Si. The van der Waals surface area contributed by atoms with Gasteiger partial charge >= 0.3 is 6.09 Å². The minimum atomic E-state index is -1.90. The van der Waals surface area contributed by atoms with E-state index in [0.717, 1.165) is 22.4 Å². The lowest BCUT2D eigenvalue weighted by molar-refractivity contribution is 0.177. The normalized spacial score (nSPS) is 13.5. The molecule has 1 rings (SSSR count). The summed E-state index contributed by atoms with van der Waals surface area (Å²) in [4.78, 5) is 10.8. The van der Waals surface area contributed by atoms with Crippen LogP contribution in [0.15, 0.2) is 12.1 Å². The topological polar surface area (TPSA) is 78.8 Å². The van der Waals surface area contributed by atoms with Gasteiger partial charge in [0.15, 0.2) is 0 Å². The molecule has 1 aromatic rings. The molecule has 1 aromatic carbocycles. The summed E-state index contributed by atoms with van der Waals surface area (Å²) in [5.74, 6) is 0.868.